The predicted molar refractivity (Wildman–Crippen MR) is 82.8 cm³/mol. The second-order valence-electron chi connectivity index (χ2n) is 5.50. The number of carbonyl (C=O) groups is 1. The molecule has 1 N–H and O–H groups in total. The molecule has 1 aromatic carbocycles. The normalized spacial score (nSPS) is 18.9. The molecule has 21 heavy (non-hydrogen) atoms. The molecule has 0 saturated heterocycles. The number of aryl methyl sites for hydroxylation is 1. The molecule has 4 heteroatoms. The molecular formula is C17H25NO3. The van der Waals surface area contributed by atoms with Crippen molar-refractivity contribution in [1.29, 1.82) is 0 Å². The van der Waals surface area contributed by atoms with Crippen molar-refractivity contribution in [3.05, 3.63) is 29.3 Å². The molecule has 4 nitrogen and oxygen atoms in total. The van der Waals surface area contributed by atoms with Gasteiger partial charge in [-0.2, -0.15) is 0 Å². The minimum atomic E-state index is -0.161. The summed E-state index contributed by atoms with van der Waals surface area (Å²) in [5, 5.41) is 3.51. The highest BCUT2D eigenvalue weighted by atomic mass is 16.5. The SMILES string of the molecule is CCC(NC1CCCc2cccc(OC)c21)C(=O)COC. The van der Waals surface area contributed by atoms with Gasteiger partial charge in [-0.25, -0.2) is 0 Å². The molecule has 2 unspecified atom stereocenters. The minimum absolute atomic E-state index is 0.113. The van der Waals surface area contributed by atoms with Crippen molar-refractivity contribution >= 4 is 5.78 Å². The zero-order valence-corrected chi connectivity index (χ0v) is 13.1. The first-order chi connectivity index (χ1) is 10.2. The first-order valence-corrected chi connectivity index (χ1v) is 7.64. The van der Waals surface area contributed by atoms with Crippen LogP contribution in [0.2, 0.25) is 0 Å². The number of ketones is 1. The van der Waals surface area contributed by atoms with Crippen LogP contribution in [-0.2, 0) is 16.0 Å². The monoisotopic (exact) mass is 291 g/mol. The highest BCUT2D eigenvalue weighted by Gasteiger charge is 2.27. The van der Waals surface area contributed by atoms with Gasteiger partial charge in [-0.15, -0.1) is 0 Å². The summed E-state index contributed by atoms with van der Waals surface area (Å²) in [5.41, 5.74) is 2.54. The number of hydrogen-bond donors (Lipinski definition) is 1. The Morgan fingerprint density at radius 1 is 1.43 bits per heavy atom. The van der Waals surface area contributed by atoms with Crippen molar-refractivity contribution in [2.75, 3.05) is 20.8 Å². The van der Waals surface area contributed by atoms with Crippen molar-refractivity contribution in [2.24, 2.45) is 0 Å². The molecule has 116 valence electrons. The van der Waals surface area contributed by atoms with Crippen LogP contribution in [-0.4, -0.2) is 32.7 Å². The van der Waals surface area contributed by atoms with E-state index in [2.05, 4.69) is 11.4 Å². The van der Waals surface area contributed by atoms with Crippen LogP contribution in [0, 0.1) is 0 Å². The number of hydrogen-bond acceptors (Lipinski definition) is 4. The number of rotatable bonds is 7. The maximum absolute atomic E-state index is 12.1. The molecule has 0 radical (unpaired) electrons. The fourth-order valence-electron chi connectivity index (χ4n) is 3.11. The van der Waals surface area contributed by atoms with Gasteiger partial charge in [-0.05, 0) is 37.3 Å². The lowest BCUT2D eigenvalue weighted by molar-refractivity contribution is -0.125. The smallest absolute Gasteiger partial charge is 0.175 e. The summed E-state index contributed by atoms with van der Waals surface area (Å²) < 4.78 is 10.5. The van der Waals surface area contributed by atoms with Gasteiger partial charge >= 0.3 is 0 Å². The molecule has 0 fully saturated rings. The van der Waals surface area contributed by atoms with Crippen LogP contribution in [0.15, 0.2) is 18.2 Å². The first kappa shape index (κ1) is 16.0. The van der Waals surface area contributed by atoms with Crippen LogP contribution in [0.4, 0.5) is 0 Å². The highest BCUT2D eigenvalue weighted by molar-refractivity contribution is 5.85. The molecule has 0 amide bonds. The Labute approximate surface area is 126 Å². The van der Waals surface area contributed by atoms with E-state index in [1.165, 1.54) is 11.1 Å². The Kier molecular flexibility index (Phi) is 5.76. The van der Waals surface area contributed by atoms with Gasteiger partial charge in [0.05, 0.1) is 13.2 Å². The molecule has 2 rings (SSSR count). The third-order valence-electron chi connectivity index (χ3n) is 4.15. The molecule has 0 aliphatic heterocycles. The fourth-order valence-corrected chi connectivity index (χ4v) is 3.11. The number of ether oxygens (including phenoxy) is 2. The highest BCUT2D eigenvalue weighted by Crippen LogP contribution is 2.36. The van der Waals surface area contributed by atoms with Crippen molar-refractivity contribution in [3.63, 3.8) is 0 Å². The molecule has 0 saturated carbocycles. The molecule has 0 heterocycles. The van der Waals surface area contributed by atoms with Gasteiger partial charge in [-0.1, -0.05) is 19.1 Å². The Hall–Kier alpha value is -1.39. The van der Waals surface area contributed by atoms with E-state index < -0.39 is 0 Å². The number of carbonyl (C=O) groups excluding carboxylic acids is 1. The summed E-state index contributed by atoms with van der Waals surface area (Å²) >= 11 is 0. The number of benzene rings is 1. The summed E-state index contributed by atoms with van der Waals surface area (Å²) in [6.45, 7) is 2.19. The van der Waals surface area contributed by atoms with Crippen LogP contribution in [0.1, 0.15) is 43.4 Å². The number of methoxy groups -OCH3 is 2. The zero-order chi connectivity index (χ0) is 15.2. The third kappa shape index (κ3) is 3.63. The van der Waals surface area contributed by atoms with E-state index in [4.69, 9.17) is 9.47 Å². The van der Waals surface area contributed by atoms with Crippen LogP contribution in [0.3, 0.4) is 0 Å². The van der Waals surface area contributed by atoms with Gasteiger partial charge in [0, 0.05) is 18.7 Å². The van der Waals surface area contributed by atoms with E-state index in [1.54, 1.807) is 14.2 Å². The Morgan fingerprint density at radius 2 is 2.24 bits per heavy atom. The fraction of sp³-hybridized carbons (Fsp3) is 0.588. The predicted octanol–water partition coefficient (Wildman–Crippen LogP) is 2.66. The van der Waals surface area contributed by atoms with Crippen LogP contribution < -0.4 is 10.1 Å². The molecule has 1 aliphatic rings. The lowest BCUT2D eigenvalue weighted by Gasteiger charge is -2.31. The zero-order valence-electron chi connectivity index (χ0n) is 13.1. The van der Waals surface area contributed by atoms with Crippen LogP contribution >= 0.6 is 0 Å². The quantitative estimate of drug-likeness (QED) is 0.839. The van der Waals surface area contributed by atoms with Crippen molar-refractivity contribution in [2.45, 2.75) is 44.7 Å². The standard InChI is InChI=1S/C17H25NO3/c1-4-13(15(19)11-20-2)18-14-9-5-7-12-8-6-10-16(21-3)17(12)14/h6,8,10,13-14,18H,4-5,7,9,11H2,1-3H3. The van der Waals surface area contributed by atoms with E-state index in [1.807, 2.05) is 19.1 Å². The minimum Gasteiger partial charge on any atom is -0.496 e. The number of Topliss-reactive ketones (excluding diaryl/α,β-unsaturated/α-hetero) is 1. The average molecular weight is 291 g/mol. The Morgan fingerprint density at radius 3 is 2.90 bits per heavy atom. The third-order valence-corrected chi connectivity index (χ3v) is 4.15. The molecule has 1 aromatic rings. The van der Waals surface area contributed by atoms with Crippen molar-refractivity contribution in [3.8, 4) is 5.75 Å². The van der Waals surface area contributed by atoms with Crippen LogP contribution in [0.25, 0.3) is 0 Å². The van der Waals surface area contributed by atoms with Gasteiger partial charge in [0.1, 0.15) is 12.4 Å². The van der Waals surface area contributed by atoms with Crippen LogP contribution in [0.5, 0.6) is 5.75 Å². The van der Waals surface area contributed by atoms with Gasteiger partial charge < -0.3 is 14.8 Å². The second-order valence-corrected chi connectivity index (χ2v) is 5.50. The van der Waals surface area contributed by atoms with Gasteiger partial charge in [0.2, 0.25) is 0 Å². The first-order valence-electron chi connectivity index (χ1n) is 7.64. The van der Waals surface area contributed by atoms with Gasteiger partial charge in [0.25, 0.3) is 0 Å². The lowest BCUT2D eigenvalue weighted by Crippen LogP contribution is -2.41. The Bertz CT molecular complexity index is 473. The van der Waals surface area contributed by atoms with E-state index in [0.29, 0.717) is 0 Å². The topological polar surface area (TPSA) is 47.6 Å². The van der Waals surface area contributed by atoms with E-state index in [-0.39, 0.29) is 24.5 Å². The maximum Gasteiger partial charge on any atom is 0.175 e. The summed E-state index contributed by atoms with van der Waals surface area (Å²) in [6, 6.07) is 6.20. The van der Waals surface area contributed by atoms with E-state index >= 15 is 0 Å². The molecule has 2 atom stereocenters. The molecule has 0 aromatic heterocycles. The molecule has 0 spiro atoms. The largest absolute Gasteiger partial charge is 0.496 e. The molecular weight excluding hydrogens is 266 g/mol. The summed E-state index contributed by atoms with van der Waals surface area (Å²) in [7, 11) is 3.26. The number of nitrogens with one attached hydrogen (secondary N) is 1. The van der Waals surface area contributed by atoms with E-state index in [0.717, 1.165) is 31.4 Å². The summed E-state index contributed by atoms with van der Waals surface area (Å²) in [5.74, 6) is 1.03. The van der Waals surface area contributed by atoms with Crippen molar-refractivity contribution in [1.82, 2.24) is 5.32 Å². The summed E-state index contributed by atoms with van der Waals surface area (Å²) in [6.07, 6.45) is 4.01. The maximum atomic E-state index is 12.1. The molecule has 1 aliphatic carbocycles. The number of fused-ring (bicyclic) bond motifs is 1. The van der Waals surface area contributed by atoms with Gasteiger partial charge in [0.15, 0.2) is 5.78 Å². The van der Waals surface area contributed by atoms with Crippen molar-refractivity contribution < 1.29 is 14.3 Å². The average Bonchev–Trinajstić information content (AvgIpc) is 2.52. The van der Waals surface area contributed by atoms with Gasteiger partial charge in [-0.3, -0.25) is 4.79 Å². The van der Waals surface area contributed by atoms with E-state index in [9.17, 15) is 4.79 Å². The lowest BCUT2D eigenvalue weighted by atomic mass is 9.86. The summed E-state index contributed by atoms with van der Waals surface area (Å²) in [4.78, 5) is 12.1. The Balaban J connectivity index is 2.21. The second kappa shape index (κ2) is 7.57. The molecule has 0 bridgehead atoms.